The van der Waals surface area contributed by atoms with Crippen molar-refractivity contribution >= 4 is 0 Å². The first kappa shape index (κ1) is 12.0. The second-order valence-electron chi connectivity index (χ2n) is 5.23. The van der Waals surface area contributed by atoms with Crippen molar-refractivity contribution in [2.75, 3.05) is 26.8 Å². The van der Waals surface area contributed by atoms with E-state index in [0.29, 0.717) is 18.6 Å². The third kappa shape index (κ3) is 3.56. The Hall–Kier alpha value is -0.120. The molecule has 0 aromatic heterocycles. The van der Waals surface area contributed by atoms with E-state index in [1.165, 1.54) is 0 Å². The molecule has 0 spiro atoms. The molecule has 1 fully saturated rings. The molecule has 1 atom stereocenters. The summed E-state index contributed by atoms with van der Waals surface area (Å²) < 4.78 is 4.94. The third-order valence-electron chi connectivity index (χ3n) is 3.01. The molecule has 1 saturated carbocycles. The van der Waals surface area contributed by atoms with Crippen LogP contribution in [0.15, 0.2) is 0 Å². The van der Waals surface area contributed by atoms with Gasteiger partial charge in [-0.2, -0.15) is 0 Å². The van der Waals surface area contributed by atoms with E-state index in [0.717, 1.165) is 25.8 Å². The van der Waals surface area contributed by atoms with Gasteiger partial charge in [0.05, 0.1) is 12.2 Å². The van der Waals surface area contributed by atoms with Gasteiger partial charge in [-0.25, -0.2) is 0 Å². The Morgan fingerprint density at radius 2 is 2.07 bits per heavy atom. The second kappa shape index (κ2) is 4.60. The fourth-order valence-corrected chi connectivity index (χ4v) is 2.28. The number of aliphatic hydroxyl groups is 1. The molecule has 14 heavy (non-hydrogen) atoms. The molecule has 0 radical (unpaired) electrons. The molecule has 0 aromatic carbocycles. The summed E-state index contributed by atoms with van der Waals surface area (Å²) in [5, 5.41) is 13.5. The van der Waals surface area contributed by atoms with Crippen LogP contribution in [0.3, 0.4) is 0 Å². The minimum absolute atomic E-state index is 0.303. The van der Waals surface area contributed by atoms with Gasteiger partial charge in [0, 0.05) is 20.2 Å². The average Bonchev–Trinajstić information content (AvgIpc) is 2.36. The second-order valence-corrected chi connectivity index (χ2v) is 5.23. The minimum Gasteiger partial charge on any atom is -0.389 e. The molecule has 0 aliphatic heterocycles. The van der Waals surface area contributed by atoms with Crippen LogP contribution in [0, 0.1) is 5.41 Å². The van der Waals surface area contributed by atoms with Crippen LogP contribution in [0.2, 0.25) is 0 Å². The summed E-state index contributed by atoms with van der Waals surface area (Å²) in [4.78, 5) is 0. The van der Waals surface area contributed by atoms with Crippen molar-refractivity contribution in [3.05, 3.63) is 0 Å². The van der Waals surface area contributed by atoms with Gasteiger partial charge >= 0.3 is 0 Å². The molecule has 3 nitrogen and oxygen atoms in total. The number of hydrogen-bond acceptors (Lipinski definition) is 3. The lowest BCUT2D eigenvalue weighted by atomic mass is 9.89. The predicted molar refractivity (Wildman–Crippen MR) is 57.3 cm³/mol. The number of methoxy groups -OCH3 is 1. The van der Waals surface area contributed by atoms with Gasteiger partial charge in [-0.3, -0.25) is 0 Å². The molecule has 1 unspecified atom stereocenters. The van der Waals surface area contributed by atoms with Gasteiger partial charge < -0.3 is 15.2 Å². The highest BCUT2D eigenvalue weighted by molar-refractivity contribution is 4.95. The predicted octanol–water partition coefficient (Wildman–Crippen LogP) is 1.16. The molecule has 3 heteroatoms. The first-order valence-electron chi connectivity index (χ1n) is 5.40. The van der Waals surface area contributed by atoms with Crippen molar-refractivity contribution in [2.45, 2.75) is 38.7 Å². The summed E-state index contributed by atoms with van der Waals surface area (Å²) >= 11 is 0. The molecule has 84 valence electrons. The van der Waals surface area contributed by atoms with Gasteiger partial charge in [-0.05, 0) is 24.7 Å². The SMILES string of the molecule is COCCNCC1(O)CCC(C)(C)C1. The highest BCUT2D eigenvalue weighted by Crippen LogP contribution is 2.43. The summed E-state index contributed by atoms with van der Waals surface area (Å²) in [5.74, 6) is 0. The molecule has 1 aliphatic carbocycles. The lowest BCUT2D eigenvalue weighted by molar-refractivity contribution is 0.0362. The fourth-order valence-electron chi connectivity index (χ4n) is 2.28. The van der Waals surface area contributed by atoms with Crippen LogP contribution in [0.25, 0.3) is 0 Å². The number of rotatable bonds is 5. The molecule has 2 N–H and O–H groups in total. The van der Waals surface area contributed by atoms with Crippen molar-refractivity contribution < 1.29 is 9.84 Å². The fraction of sp³-hybridized carbons (Fsp3) is 1.00. The lowest BCUT2D eigenvalue weighted by Gasteiger charge is -2.25. The summed E-state index contributed by atoms with van der Waals surface area (Å²) in [6.45, 7) is 6.67. The minimum atomic E-state index is -0.489. The van der Waals surface area contributed by atoms with E-state index >= 15 is 0 Å². The van der Waals surface area contributed by atoms with Crippen molar-refractivity contribution in [3.63, 3.8) is 0 Å². The molecule has 0 aromatic rings. The van der Waals surface area contributed by atoms with Crippen LogP contribution in [-0.4, -0.2) is 37.5 Å². The van der Waals surface area contributed by atoms with Crippen LogP contribution in [-0.2, 0) is 4.74 Å². The van der Waals surface area contributed by atoms with Crippen LogP contribution >= 0.6 is 0 Å². The molecular formula is C11H23NO2. The van der Waals surface area contributed by atoms with Gasteiger partial charge in [0.15, 0.2) is 0 Å². The van der Waals surface area contributed by atoms with E-state index in [2.05, 4.69) is 19.2 Å². The Kier molecular flexibility index (Phi) is 3.93. The van der Waals surface area contributed by atoms with Gasteiger partial charge in [-0.1, -0.05) is 13.8 Å². The van der Waals surface area contributed by atoms with Gasteiger partial charge in [-0.15, -0.1) is 0 Å². The van der Waals surface area contributed by atoms with E-state index in [1.807, 2.05) is 0 Å². The first-order valence-corrected chi connectivity index (χ1v) is 5.40. The summed E-state index contributed by atoms with van der Waals surface area (Å²) in [6.07, 6.45) is 2.94. The maximum Gasteiger partial charge on any atom is 0.0776 e. The van der Waals surface area contributed by atoms with Crippen LogP contribution in [0.4, 0.5) is 0 Å². The Bertz CT molecular complexity index is 182. The largest absolute Gasteiger partial charge is 0.389 e. The smallest absolute Gasteiger partial charge is 0.0776 e. The first-order chi connectivity index (χ1) is 6.47. The van der Waals surface area contributed by atoms with E-state index in [1.54, 1.807) is 7.11 Å². The van der Waals surface area contributed by atoms with Crippen molar-refractivity contribution in [2.24, 2.45) is 5.41 Å². The van der Waals surface area contributed by atoms with Gasteiger partial charge in [0.2, 0.25) is 0 Å². The highest BCUT2D eigenvalue weighted by Gasteiger charge is 2.41. The zero-order chi connectivity index (χ0) is 10.7. The molecule has 1 aliphatic rings. The number of nitrogens with one attached hydrogen (secondary N) is 1. The Labute approximate surface area is 86.8 Å². The van der Waals surface area contributed by atoms with Crippen molar-refractivity contribution in [1.29, 1.82) is 0 Å². The lowest BCUT2D eigenvalue weighted by Crippen LogP contribution is -2.40. The van der Waals surface area contributed by atoms with E-state index in [-0.39, 0.29) is 0 Å². The van der Waals surface area contributed by atoms with E-state index < -0.39 is 5.60 Å². The van der Waals surface area contributed by atoms with Gasteiger partial charge in [0.1, 0.15) is 0 Å². The van der Waals surface area contributed by atoms with Gasteiger partial charge in [0.25, 0.3) is 0 Å². The molecule has 1 rings (SSSR count). The molecule has 0 saturated heterocycles. The summed E-state index contributed by atoms with van der Waals surface area (Å²) in [5.41, 5.74) is -0.186. The third-order valence-corrected chi connectivity index (χ3v) is 3.01. The maximum absolute atomic E-state index is 10.2. The zero-order valence-corrected chi connectivity index (χ0v) is 9.60. The standard InChI is InChI=1S/C11H23NO2/c1-10(2)4-5-11(13,8-10)9-12-6-7-14-3/h12-13H,4-9H2,1-3H3. The van der Waals surface area contributed by atoms with Crippen LogP contribution in [0.5, 0.6) is 0 Å². The Morgan fingerprint density at radius 3 is 2.57 bits per heavy atom. The Balaban J connectivity index is 2.23. The monoisotopic (exact) mass is 201 g/mol. The van der Waals surface area contributed by atoms with Crippen molar-refractivity contribution in [1.82, 2.24) is 5.32 Å². The molecular weight excluding hydrogens is 178 g/mol. The topological polar surface area (TPSA) is 41.5 Å². The number of ether oxygens (including phenoxy) is 1. The van der Waals surface area contributed by atoms with Crippen LogP contribution in [0.1, 0.15) is 33.1 Å². The van der Waals surface area contributed by atoms with Crippen molar-refractivity contribution in [3.8, 4) is 0 Å². The highest BCUT2D eigenvalue weighted by atomic mass is 16.5. The summed E-state index contributed by atoms with van der Waals surface area (Å²) in [6, 6.07) is 0. The zero-order valence-electron chi connectivity index (χ0n) is 9.60. The average molecular weight is 201 g/mol. The van der Waals surface area contributed by atoms with E-state index in [9.17, 15) is 5.11 Å². The van der Waals surface area contributed by atoms with E-state index in [4.69, 9.17) is 4.74 Å². The summed E-state index contributed by atoms with van der Waals surface area (Å²) in [7, 11) is 1.69. The normalized spacial score (nSPS) is 30.9. The molecule has 0 heterocycles. The number of hydrogen-bond donors (Lipinski definition) is 2. The molecule has 0 bridgehead atoms. The molecule has 0 amide bonds. The van der Waals surface area contributed by atoms with Crippen LogP contribution < -0.4 is 5.32 Å². The maximum atomic E-state index is 10.2. The Morgan fingerprint density at radius 1 is 1.36 bits per heavy atom. The quantitative estimate of drug-likeness (QED) is 0.656.